The Labute approximate surface area is 101 Å². The van der Waals surface area contributed by atoms with Gasteiger partial charge in [-0.15, -0.1) is 0 Å². The zero-order valence-corrected chi connectivity index (χ0v) is 10.3. The fraction of sp³-hybridized carbons (Fsp3) is 0.667. The molecule has 96 valence electrons. The van der Waals surface area contributed by atoms with Gasteiger partial charge in [-0.05, 0) is 19.4 Å². The van der Waals surface area contributed by atoms with Gasteiger partial charge in [0.15, 0.2) is 5.78 Å². The van der Waals surface area contributed by atoms with Crippen LogP contribution in [0.3, 0.4) is 0 Å². The van der Waals surface area contributed by atoms with Crippen LogP contribution in [0.25, 0.3) is 0 Å². The van der Waals surface area contributed by atoms with E-state index in [9.17, 15) is 9.59 Å². The van der Waals surface area contributed by atoms with E-state index in [-0.39, 0.29) is 11.9 Å². The lowest BCUT2D eigenvalue weighted by Crippen LogP contribution is -2.41. The van der Waals surface area contributed by atoms with Crippen molar-refractivity contribution in [1.82, 2.24) is 5.32 Å². The number of ketones is 1. The Balaban J connectivity index is 2.33. The van der Waals surface area contributed by atoms with Crippen LogP contribution in [0, 0.1) is 0 Å². The summed E-state index contributed by atoms with van der Waals surface area (Å²) in [7, 11) is 0. The number of rotatable bonds is 4. The first-order chi connectivity index (χ1) is 8.00. The number of hydrogen-bond acceptors (Lipinski definition) is 4. The molecule has 0 aromatic rings. The Morgan fingerprint density at radius 2 is 2.00 bits per heavy atom. The van der Waals surface area contributed by atoms with E-state index in [1.807, 2.05) is 0 Å². The molecule has 1 saturated heterocycles. The van der Waals surface area contributed by atoms with E-state index in [1.54, 1.807) is 13.8 Å². The quantitative estimate of drug-likeness (QED) is 0.756. The Hall–Kier alpha value is -1.36. The molecular formula is C12H19NO4. The molecule has 1 aliphatic rings. The smallest absolute Gasteiger partial charge is 0.407 e. The van der Waals surface area contributed by atoms with Crippen molar-refractivity contribution in [3.63, 3.8) is 0 Å². The minimum Gasteiger partial charge on any atom is -0.446 e. The standard InChI is InChI=1S/C12H19NO4/c1-8(2)11(14)9(3)13-12(15)17-10-4-6-16-7-5-10/h9-10H,1,4-7H2,2-3H3,(H,13,15)/t9-/m0/s1. The van der Waals surface area contributed by atoms with Crippen LogP contribution in [0.15, 0.2) is 12.2 Å². The SMILES string of the molecule is C=C(C)C(=O)[C@H](C)NC(=O)OC1CCOCC1. The maximum Gasteiger partial charge on any atom is 0.407 e. The summed E-state index contributed by atoms with van der Waals surface area (Å²) in [5, 5.41) is 2.50. The van der Waals surface area contributed by atoms with Gasteiger partial charge < -0.3 is 14.8 Å². The fourth-order valence-corrected chi connectivity index (χ4v) is 1.59. The molecule has 1 N–H and O–H groups in total. The third-order valence-electron chi connectivity index (χ3n) is 2.59. The largest absolute Gasteiger partial charge is 0.446 e. The molecule has 1 atom stereocenters. The van der Waals surface area contributed by atoms with Gasteiger partial charge in [0.25, 0.3) is 0 Å². The van der Waals surface area contributed by atoms with Crippen molar-refractivity contribution in [3.05, 3.63) is 12.2 Å². The monoisotopic (exact) mass is 241 g/mol. The first-order valence-electron chi connectivity index (χ1n) is 5.75. The summed E-state index contributed by atoms with van der Waals surface area (Å²) in [6, 6.07) is -0.597. The number of amides is 1. The number of hydrogen-bond donors (Lipinski definition) is 1. The highest BCUT2D eigenvalue weighted by Crippen LogP contribution is 2.10. The zero-order valence-electron chi connectivity index (χ0n) is 10.3. The predicted octanol–water partition coefficient (Wildman–Crippen LogP) is 1.43. The minimum absolute atomic E-state index is 0.115. The molecule has 1 fully saturated rings. The molecule has 0 unspecified atom stereocenters. The summed E-state index contributed by atoms with van der Waals surface area (Å²) in [6.07, 6.45) is 0.738. The summed E-state index contributed by atoms with van der Waals surface area (Å²) < 4.78 is 10.3. The number of carbonyl (C=O) groups is 2. The Morgan fingerprint density at radius 3 is 2.53 bits per heavy atom. The molecule has 0 radical (unpaired) electrons. The molecule has 0 aromatic heterocycles. The van der Waals surface area contributed by atoms with Gasteiger partial charge in [0.1, 0.15) is 6.10 Å². The molecule has 1 amide bonds. The molecule has 0 saturated carbocycles. The van der Waals surface area contributed by atoms with Gasteiger partial charge >= 0.3 is 6.09 Å². The summed E-state index contributed by atoms with van der Waals surface area (Å²) >= 11 is 0. The predicted molar refractivity (Wildman–Crippen MR) is 62.7 cm³/mol. The second kappa shape index (κ2) is 6.39. The molecular weight excluding hydrogens is 222 g/mol. The van der Waals surface area contributed by atoms with Crippen LogP contribution < -0.4 is 5.32 Å². The summed E-state index contributed by atoms with van der Waals surface area (Å²) in [5.41, 5.74) is 0.420. The van der Waals surface area contributed by atoms with Crippen LogP contribution in [0.5, 0.6) is 0 Å². The minimum atomic E-state index is -0.597. The van der Waals surface area contributed by atoms with Crippen molar-refractivity contribution >= 4 is 11.9 Å². The van der Waals surface area contributed by atoms with Crippen LogP contribution in [0.1, 0.15) is 26.7 Å². The average Bonchev–Trinajstić information content (AvgIpc) is 2.28. The Kier molecular flexibility index (Phi) is 5.15. The van der Waals surface area contributed by atoms with Crippen molar-refractivity contribution in [3.8, 4) is 0 Å². The molecule has 0 spiro atoms. The fourth-order valence-electron chi connectivity index (χ4n) is 1.59. The first kappa shape index (κ1) is 13.7. The third-order valence-corrected chi connectivity index (χ3v) is 2.59. The van der Waals surface area contributed by atoms with Crippen molar-refractivity contribution in [2.75, 3.05) is 13.2 Å². The molecule has 5 heteroatoms. The van der Waals surface area contributed by atoms with Crippen molar-refractivity contribution in [2.24, 2.45) is 0 Å². The number of nitrogens with one attached hydrogen (secondary N) is 1. The van der Waals surface area contributed by atoms with E-state index in [0.29, 0.717) is 31.6 Å². The maximum atomic E-state index is 11.5. The van der Waals surface area contributed by atoms with Crippen molar-refractivity contribution in [1.29, 1.82) is 0 Å². The maximum absolute atomic E-state index is 11.5. The zero-order chi connectivity index (χ0) is 12.8. The van der Waals surface area contributed by atoms with Crippen LogP contribution in [0.2, 0.25) is 0 Å². The van der Waals surface area contributed by atoms with Gasteiger partial charge in [0, 0.05) is 12.8 Å². The lowest BCUT2D eigenvalue weighted by Gasteiger charge is -2.23. The van der Waals surface area contributed by atoms with Gasteiger partial charge in [-0.2, -0.15) is 0 Å². The molecule has 0 aliphatic carbocycles. The van der Waals surface area contributed by atoms with Crippen molar-refractivity contribution in [2.45, 2.75) is 38.8 Å². The summed E-state index contributed by atoms with van der Waals surface area (Å²) in [4.78, 5) is 23.0. The molecule has 1 rings (SSSR count). The Bertz CT molecular complexity index is 308. The van der Waals surface area contributed by atoms with E-state index in [1.165, 1.54) is 0 Å². The highest BCUT2D eigenvalue weighted by Gasteiger charge is 2.21. The summed E-state index contributed by atoms with van der Waals surface area (Å²) in [5.74, 6) is -0.186. The van der Waals surface area contributed by atoms with E-state index < -0.39 is 12.1 Å². The highest BCUT2D eigenvalue weighted by atomic mass is 16.6. The second-order valence-electron chi connectivity index (χ2n) is 4.23. The van der Waals surface area contributed by atoms with Gasteiger partial charge in [-0.25, -0.2) is 4.79 Å². The number of carbonyl (C=O) groups excluding carboxylic acids is 2. The highest BCUT2D eigenvalue weighted by molar-refractivity contribution is 5.99. The second-order valence-corrected chi connectivity index (χ2v) is 4.23. The van der Waals surface area contributed by atoms with E-state index in [2.05, 4.69) is 11.9 Å². The molecule has 0 aromatic carbocycles. The number of alkyl carbamates (subject to hydrolysis) is 1. The number of Topliss-reactive ketones (excluding diaryl/α,β-unsaturated/α-hetero) is 1. The van der Waals surface area contributed by atoms with Crippen LogP contribution in [0.4, 0.5) is 4.79 Å². The lowest BCUT2D eigenvalue weighted by atomic mass is 10.1. The van der Waals surface area contributed by atoms with Crippen LogP contribution >= 0.6 is 0 Å². The molecule has 1 heterocycles. The van der Waals surface area contributed by atoms with Gasteiger partial charge in [0.2, 0.25) is 0 Å². The van der Waals surface area contributed by atoms with Crippen LogP contribution in [-0.2, 0) is 14.3 Å². The van der Waals surface area contributed by atoms with Crippen LogP contribution in [-0.4, -0.2) is 37.2 Å². The average molecular weight is 241 g/mol. The summed E-state index contributed by atoms with van der Waals surface area (Å²) in [6.45, 7) is 7.99. The van der Waals surface area contributed by atoms with Gasteiger partial charge in [-0.1, -0.05) is 6.58 Å². The Morgan fingerprint density at radius 1 is 1.41 bits per heavy atom. The van der Waals surface area contributed by atoms with Gasteiger partial charge in [0.05, 0.1) is 19.3 Å². The molecule has 5 nitrogen and oxygen atoms in total. The first-order valence-corrected chi connectivity index (χ1v) is 5.75. The topological polar surface area (TPSA) is 64.6 Å². The normalized spacial score (nSPS) is 18.2. The third kappa shape index (κ3) is 4.56. The molecule has 0 bridgehead atoms. The number of ether oxygens (including phenoxy) is 2. The van der Waals surface area contributed by atoms with Gasteiger partial charge in [-0.3, -0.25) is 4.79 Å². The lowest BCUT2D eigenvalue weighted by molar-refractivity contribution is -0.117. The molecule has 17 heavy (non-hydrogen) atoms. The van der Waals surface area contributed by atoms with E-state index >= 15 is 0 Å². The molecule has 1 aliphatic heterocycles. The van der Waals surface area contributed by atoms with E-state index in [0.717, 1.165) is 0 Å². The van der Waals surface area contributed by atoms with Crippen molar-refractivity contribution < 1.29 is 19.1 Å². The van der Waals surface area contributed by atoms with E-state index in [4.69, 9.17) is 9.47 Å².